The van der Waals surface area contributed by atoms with Crippen molar-refractivity contribution in [3.8, 4) is 5.75 Å². The number of aromatic nitrogens is 2. The molecule has 2 heterocycles. The fourth-order valence-corrected chi connectivity index (χ4v) is 5.95. The van der Waals surface area contributed by atoms with Crippen LogP contribution in [0.25, 0.3) is 0 Å². The third-order valence-corrected chi connectivity index (χ3v) is 8.12. The Morgan fingerprint density at radius 2 is 1.94 bits per heavy atom. The number of nitrogens with zero attached hydrogens (tertiary/aromatic N) is 1. The molecule has 2 aromatic rings. The Hall–Kier alpha value is -2.30. The van der Waals surface area contributed by atoms with Gasteiger partial charge in [-0.2, -0.15) is 0 Å². The second-order valence-corrected chi connectivity index (χ2v) is 11.7. The van der Waals surface area contributed by atoms with Crippen LogP contribution in [0.3, 0.4) is 0 Å². The van der Waals surface area contributed by atoms with E-state index < -0.39 is 43.8 Å². The molecule has 3 rings (SSSR count). The van der Waals surface area contributed by atoms with Crippen molar-refractivity contribution in [2.45, 2.75) is 59.2 Å². The summed E-state index contributed by atoms with van der Waals surface area (Å²) in [6, 6.07) is 8.50. The van der Waals surface area contributed by atoms with E-state index >= 15 is 0 Å². The van der Waals surface area contributed by atoms with Crippen molar-refractivity contribution in [1.29, 1.82) is 0 Å². The molecule has 0 aliphatic carbocycles. The zero-order valence-corrected chi connectivity index (χ0v) is 22.7. The first-order valence-corrected chi connectivity index (χ1v) is 13.9. The van der Waals surface area contributed by atoms with Crippen molar-refractivity contribution >= 4 is 25.8 Å². The van der Waals surface area contributed by atoms with Crippen molar-refractivity contribution in [2.75, 3.05) is 12.8 Å². The smallest absolute Gasteiger partial charge is 0.380 e. The monoisotopic (exact) mass is 540 g/mol. The van der Waals surface area contributed by atoms with Crippen LogP contribution in [0, 0.1) is 23.5 Å². The number of rotatable bonds is 10. The summed E-state index contributed by atoms with van der Waals surface area (Å²) >= 11 is 5.27. The summed E-state index contributed by atoms with van der Waals surface area (Å²) in [6.45, 7) is 8.22. The number of benzene rings is 1. The number of aliphatic hydroxyl groups excluding tert-OH is 1. The Bertz CT molecular complexity index is 1210. The third-order valence-electron chi connectivity index (χ3n) is 5.78. The molecule has 1 saturated heterocycles. The number of nitrogens with one attached hydrogen (secondary N) is 1. The molecule has 12 heteroatoms. The van der Waals surface area contributed by atoms with E-state index in [4.69, 9.17) is 30.7 Å². The lowest BCUT2D eigenvalue weighted by molar-refractivity contribution is -0.151. The maximum Gasteiger partial charge on any atom is 0.380 e. The molecule has 2 N–H and O–H groups in total. The molecule has 1 fully saturated rings. The molecule has 1 aliphatic heterocycles. The van der Waals surface area contributed by atoms with E-state index in [1.807, 2.05) is 0 Å². The van der Waals surface area contributed by atoms with Gasteiger partial charge >= 0.3 is 13.6 Å². The summed E-state index contributed by atoms with van der Waals surface area (Å²) in [5.41, 5.74) is 0.142. The summed E-state index contributed by atoms with van der Waals surface area (Å²) < 4.78 is 38.3. The van der Waals surface area contributed by atoms with Gasteiger partial charge in [-0.3, -0.25) is 23.7 Å². The Balaban J connectivity index is 1.77. The lowest BCUT2D eigenvalue weighted by Crippen LogP contribution is -2.30. The first-order chi connectivity index (χ1) is 16.9. The van der Waals surface area contributed by atoms with Gasteiger partial charge in [0.25, 0.3) is 5.56 Å². The van der Waals surface area contributed by atoms with Gasteiger partial charge in [-0.15, -0.1) is 0 Å². The normalized spacial score (nSPS) is 24.3. The largest absolute Gasteiger partial charge is 0.463 e. The summed E-state index contributed by atoms with van der Waals surface area (Å²) in [7, 11) is -3.88. The number of carbonyl (C=O) groups is 1. The van der Waals surface area contributed by atoms with Gasteiger partial charge in [0.2, 0.25) is 0 Å². The highest BCUT2D eigenvalue weighted by Crippen LogP contribution is 2.51. The fraction of sp³-hybridized carbons (Fsp3) is 0.542. The van der Waals surface area contributed by atoms with E-state index in [1.165, 1.54) is 0 Å². The zero-order chi connectivity index (χ0) is 26.6. The molecule has 1 aromatic heterocycles. The average Bonchev–Trinajstić information content (AvgIpc) is 3.08. The van der Waals surface area contributed by atoms with E-state index in [9.17, 15) is 19.3 Å². The van der Waals surface area contributed by atoms with E-state index in [0.29, 0.717) is 11.3 Å². The second kappa shape index (κ2) is 11.8. The minimum absolute atomic E-state index is 0.159. The van der Waals surface area contributed by atoms with Crippen LogP contribution < -0.4 is 10.1 Å². The molecule has 6 atom stereocenters. The van der Waals surface area contributed by atoms with Gasteiger partial charge in [-0.25, -0.2) is 4.57 Å². The van der Waals surface area contributed by atoms with Gasteiger partial charge in [-0.1, -0.05) is 32.0 Å². The summed E-state index contributed by atoms with van der Waals surface area (Å²) in [4.78, 5) is 26.8. The molecule has 2 unspecified atom stereocenters. The average molecular weight is 541 g/mol. The van der Waals surface area contributed by atoms with Crippen molar-refractivity contribution < 1.29 is 33.0 Å². The molecule has 198 valence electrons. The van der Waals surface area contributed by atoms with Crippen molar-refractivity contribution in [2.24, 2.45) is 11.8 Å². The number of carbonyl (C=O) groups excluding carboxylic acids is 1. The van der Waals surface area contributed by atoms with Crippen LogP contribution >= 0.6 is 19.8 Å². The number of hydrogen-bond acceptors (Lipinski definition) is 9. The number of H-pyrrole nitrogens is 1. The molecule has 1 aliphatic rings. The second-order valence-electron chi connectivity index (χ2n) is 9.27. The van der Waals surface area contributed by atoms with Gasteiger partial charge in [0.1, 0.15) is 18.1 Å². The van der Waals surface area contributed by atoms with Crippen LogP contribution in [-0.4, -0.2) is 51.7 Å². The number of ether oxygens (including phenoxy) is 2. The van der Waals surface area contributed by atoms with Crippen LogP contribution in [0.4, 0.5) is 0 Å². The predicted molar refractivity (Wildman–Crippen MR) is 136 cm³/mol. The van der Waals surface area contributed by atoms with Crippen molar-refractivity contribution in [3.63, 3.8) is 0 Å². The zero-order valence-electron chi connectivity index (χ0n) is 21.0. The quantitative estimate of drug-likeness (QED) is 0.261. The van der Waals surface area contributed by atoms with E-state index in [0.717, 1.165) is 0 Å². The summed E-state index contributed by atoms with van der Waals surface area (Å²) in [5, 5.41) is 10.8. The molecular weight excluding hydrogens is 507 g/mol. The van der Waals surface area contributed by atoms with Gasteiger partial charge in [0.05, 0.1) is 30.9 Å². The SMILES string of the molecule is Cc1cn([C@H]2O[C@@H](COP(=O)(C[C@@H](C)C(=O)OC(C)C)Oc3ccccc3)C(O)[C@H]2C)c(=S)[nH]c1=O. The number of aryl methyl sites for hydroxylation is 1. The Kier molecular flexibility index (Phi) is 9.29. The van der Waals surface area contributed by atoms with Crippen molar-refractivity contribution in [1.82, 2.24) is 9.55 Å². The topological polar surface area (TPSA) is 129 Å². The lowest BCUT2D eigenvalue weighted by Gasteiger charge is -2.24. The van der Waals surface area contributed by atoms with Crippen LogP contribution in [0.15, 0.2) is 41.3 Å². The third kappa shape index (κ3) is 6.92. The number of aliphatic hydroxyl groups is 1. The minimum atomic E-state index is -3.88. The molecule has 1 aromatic carbocycles. The molecule has 0 spiro atoms. The van der Waals surface area contributed by atoms with Crippen LogP contribution in [-0.2, 0) is 23.4 Å². The molecule has 10 nitrogen and oxygen atoms in total. The summed E-state index contributed by atoms with van der Waals surface area (Å²) in [5.74, 6) is -1.37. The lowest BCUT2D eigenvalue weighted by atomic mass is 10.0. The Morgan fingerprint density at radius 1 is 1.28 bits per heavy atom. The molecular formula is C24H33N2O8PS. The Morgan fingerprint density at radius 3 is 2.58 bits per heavy atom. The van der Waals surface area contributed by atoms with Crippen LogP contribution in [0.1, 0.15) is 39.5 Å². The van der Waals surface area contributed by atoms with E-state index in [2.05, 4.69) is 4.98 Å². The highest BCUT2D eigenvalue weighted by atomic mass is 32.1. The highest BCUT2D eigenvalue weighted by Gasteiger charge is 2.44. The number of para-hydroxylation sites is 1. The standard InChI is InChI=1S/C24H33N2O8PS/c1-14(2)32-23(29)16(4)13-35(30,34-18-9-7-6-8-10-18)31-12-19-20(27)17(5)22(33-19)26-11-15(3)21(28)25-24(26)36/h6-11,14,16-17,19-20,22,27H,12-13H2,1-5H3,(H,25,28,36)/t16-,17-,19+,20?,22+,35?/m1/s1. The Labute approximate surface area is 215 Å². The van der Waals surface area contributed by atoms with E-state index in [-0.39, 0.29) is 29.2 Å². The molecule has 0 bridgehead atoms. The predicted octanol–water partition coefficient (Wildman–Crippen LogP) is 3.99. The molecule has 0 radical (unpaired) electrons. The van der Waals surface area contributed by atoms with Crippen molar-refractivity contribution in [3.05, 3.63) is 57.2 Å². The molecule has 36 heavy (non-hydrogen) atoms. The van der Waals surface area contributed by atoms with Gasteiger partial charge in [0.15, 0.2) is 4.77 Å². The summed E-state index contributed by atoms with van der Waals surface area (Å²) in [6.07, 6.45) is -1.48. The van der Waals surface area contributed by atoms with Gasteiger partial charge in [0, 0.05) is 17.7 Å². The van der Waals surface area contributed by atoms with Crippen LogP contribution in [0.2, 0.25) is 0 Å². The molecule has 0 saturated carbocycles. The fourth-order valence-electron chi connectivity index (χ4n) is 3.83. The highest BCUT2D eigenvalue weighted by molar-refractivity contribution is 7.71. The first kappa shape index (κ1) is 28.3. The maximum absolute atomic E-state index is 13.8. The minimum Gasteiger partial charge on any atom is -0.463 e. The number of aromatic amines is 1. The van der Waals surface area contributed by atoms with Crippen LogP contribution in [0.5, 0.6) is 5.75 Å². The van der Waals surface area contributed by atoms with Gasteiger partial charge in [-0.05, 0) is 45.1 Å². The van der Waals surface area contributed by atoms with Gasteiger partial charge < -0.3 is 19.1 Å². The number of esters is 1. The number of hydrogen-bond donors (Lipinski definition) is 2. The first-order valence-electron chi connectivity index (χ1n) is 11.7. The molecule has 0 amide bonds. The van der Waals surface area contributed by atoms with E-state index in [1.54, 1.807) is 75.7 Å². The maximum atomic E-state index is 13.8.